The minimum atomic E-state index is -3.94. The van der Waals surface area contributed by atoms with E-state index in [2.05, 4.69) is 0 Å². The first-order valence-corrected chi connectivity index (χ1v) is 10.1. The number of carbonyl (C=O) groups excluding carboxylic acids is 1. The lowest BCUT2D eigenvalue weighted by Gasteiger charge is -2.34. The van der Waals surface area contributed by atoms with E-state index in [1.54, 1.807) is 6.07 Å². The van der Waals surface area contributed by atoms with Gasteiger partial charge in [-0.15, -0.1) is 0 Å². The van der Waals surface area contributed by atoms with Crippen LogP contribution in [0.3, 0.4) is 0 Å². The average Bonchev–Trinajstić information content (AvgIpc) is 2.60. The average molecular weight is 435 g/mol. The normalized spacial score (nSPS) is 15.8. The maximum absolute atomic E-state index is 13.3. The van der Waals surface area contributed by atoms with E-state index in [9.17, 15) is 22.0 Å². The van der Waals surface area contributed by atoms with E-state index in [0.29, 0.717) is 6.07 Å². The monoisotopic (exact) mass is 434 g/mol. The molecular formula is C17H14Cl2F2N2O3S. The number of hydrogen-bond donors (Lipinski definition) is 0. The van der Waals surface area contributed by atoms with Crippen molar-refractivity contribution in [1.29, 1.82) is 0 Å². The summed E-state index contributed by atoms with van der Waals surface area (Å²) < 4.78 is 53.4. The fraction of sp³-hybridized carbons (Fsp3) is 0.235. The SMILES string of the molecule is O=C(c1cc(F)cc(F)c1)N1CCN(S(=O)(=O)c2c(Cl)cccc2Cl)CC1. The smallest absolute Gasteiger partial charge is 0.254 e. The van der Waals surface area contributed by atoms with E-state index >= 15 is 0 Å². The third-order valence-electron chi connectivity index (χ3n) is 4.15. The Hall–Kier alpha value is -1.74. The predicted molar refractivity (Wildman–Crippen MR) is 97.5 cm³/mol. The predicted octanol–water partition coefficient (Wildman–Crippen LogP) is 3.42. The Morgan fingerprint density at radius 1 is 0.926 bits per heavy atom. The maximum Gasteiger partial charge on any atom is 0.254 e. The molecule has 1 fully saturated rings. The second-order valence-corrected chi connectivity index (χ2v) is 8.59. The highest BCUT2D eigenvalue weighted by Crippen LogP contribution is 2.32. The van der Waals surface area contributed by atoms with Gasteiger partial charge in [-0.3, -0.25) is 4.79 Å². The van der Waals surface area contributed by atoms with Crippen molar-refractivity contribution in [2.24, 2.45) is 0 Å². The first-order valence-electron chi connectivity index (χ1n) is 7.89. The van der Waals surface area contributed by atoms with Crippen molar-refractivity contribution >= 4 is 39.1 Å². The Kier molecular flexibility index (Phi) is 5.71. The molecule has 0 unspecified atom stereocenters. The van der Waals surface area contributed by atoms with Gasteiger partial charge in [0.15, 0.2) is 0 Å². The van der Waals surface area contributed by atoms with E-state index < -0.39 is 27.6 Å². The third kappa shape index (κ3) is 4.08. The topological polar surface area (TPSA) is 57.7 Å². The van der Waals surface area contributed by atoms with Crippen molar-refractivity contribution in [2.45, 2.75) is 4.90 Å². The Morgan fingerprint density at radius 2 is 1.44 bits per heavy atom. The van der Waals surface area contributed by atoms with Crippen LogP contribution in [0.4, 0.5) is 8.78 Å². The molecule has 2 aromatic carbocycles. The molecule has 1 aliphatic rings. The molecule has 0 radical (unpaired) electrons. The first-order chi connectivity index (χ1) is 12.7. The molecule has 0 aliphatic carbocycles. The molecule has 0 N–H and O–H groups in total. The van der Waals surface area contributed by atoms with Gasteiger partial charge in [0.25, 0.3) is 5.91 Å². The minimum Gasteiger partial charge on any atom is -0.336 e. The largest absolute Gasteiger partial charge is 0.336 e. The van der Waals surface area contributed by atoms with Crippen LogP contribution in [0.15, 0.2) is 41.3 Å². The summed E-state index contributed by atoms with van der Waals surface area (Å²) in [5, 5.41) is 0.0208. The Balaban J connectivity index is 1.76. The van der Waals surface area contributed by atoms with Crippen LogP contribution in [-0.2, 0) is 10.0 Å². The summed E-state index contributed by atoms with van der Waals surface area (Å²) in [5.74, 6) is -2.28. The summed E-state index contributed by atoms with van der Waals surface area (Å²) in [6.07, 6.45) is 0. The molecule has 3 rings (SSSR count). The standard InChI is InChI=1S/C17H14Cl2F2N2O3S/c18-14-2-1-3-15(19)16(14)27(25,26)23-6-4-22(5-7-23)17(24)11-8-12(20)10-13(21)9-11/h1-3,8-10H,4-7H2. The lowest BCUT2D eigenvalue weighted by atomic mass is 10.1. The van der Waals surface area contributed by atoms with E-state index in [0.717, 1.165) is 12.1 Å². The van der Waals surface area contributed by atoms with Crippen molar-refractivity contribution in [2.75, 3.05) is 26.2 Å². The van der Waals surface area contributed by atoms with Gasteiger partial charge in [-0.1, -0.05) is 29.3 Å². The number of halogens is 4. The molecule has 0 bridgehead atoms. The summed E-state index contributed by atoms with van der Waals surface area (Å²) in [4.78, 5) is 13.6. The molecule has 0 saturated carbocycles. The Labute approximate surface area is 165 Å². The Bertz CT molecular complexity index is 953. The second-order valence-electron chi connectivity index (χ2n) is 5.91. The van der Waals surface area contributed by atoms with Gasteiger partial charge in [0, 0.05) is 37.8 Å². The second kappa shape index (κ2) is 7.71. The number of amides is 1. The fourth-order valence-corrected chi connectivity index (χ4v) is 5.36. The number of hydrogen-bond acceptors (Lipinski definition) is 3. The van der Waals surface area contributed by atoms with Gasteiger partial charge in [-0.25, -0.2) is 17.2 Å². The molecule has 27 heavy (non-hydrogen) atoms. The molecule has 1 amide bonds. The van der Waals surface area contributed by atoms with Crippen LogP contribution >= 0.6 is 23.2 Å². The van der Waals surface area contributed by atoms with Gasteiger partial charge in [-0.2, -0.15) is 4.31 Å². The number of carbonyl (C=O) groups is 1. The first kappa shape index (κ1) is 20.0. The quantitative estimate of drug-likeness (QED) is 0.743. The van der Waals surface area contributed by atoms with E-state index in [1.807, 2.05) is 0 Å². The van der Waals surface area contributed by atoms with Gasteiger partial charge in [0.1, 0.15) is 16.5 Å². The van der Waals surface area contributed by atoms with Crippen LogP contribution in [0, 0.1) is 11.6 Å². The van der Waals surface area contributed by atoms with Crippen LogP contribution in [0.2, 0.25) is 10.0 Å². The summed E-state index contributed by atoms with van der Waals surface area (Å²) >= 11 is 12.0. The summed E-state index contributed by atoms with van der Waals surface area (Å²) in [7, 11) is -3.94. The number of nitrogens with zero attached hydrogens (tertiary/aromatic N) is 2. The van der Waals surface area contributed by atoms with E-state index in [-0.39, 0.29) is 46.7 Å². The maximum atomic E-state index is 13.3. The van der Waals surface area contributed by atoms with Crippen LogP contribution < -0.4 is 0 Å². The molecule has 0 spiro atoms. The lowest BCUT2D eigenvalue weighted by molar-refractivity contribution is 0.0697. The van der Waals surface area contributed by atoms with Gasteiger partial charge in [0.05, 0.1) is 10.0 Å². The molecule has 1 heterocycles. The van der Waals surface area contributed by atoms with Crippen molar-refractivity contribution in [3.8, 4) is 0 Å². The molecule has 5 nitrogen and oxygen atoms in total. The highest BCUT2D eigenvalue weighted by atomic mass is 35.5. The van der Waals surface area contributed by atoms with Gasteiger partial charge in [-0.05, 0) is 24.3 Å². The summed E-state index contributed by atoms with van der Waals surface area (Å²) in [5.41, 5.74) is -0.127. The van der Waals surface area contributed by atoms with E-state index in [1.165, 1.54) is 21.3 Å². The summed E-state index contributed by atoms with van der Waals surface area (Å²) in [6.45, 7) is 0.150. The zero-order valence-electron chi connectivity index (χ0n) is 13.8. The molecule has 10 heteroatoms. The van der Waals surface area contributed by atoms with E-state index in [4.69, 9.17) is 23.2 Å². The third-order valence-corrected chi connectivity index (χ3v) is 7.01. The van der Waals surface area contributed by atoms with Crippen molar-refractivity contribution in [3.05, 3.63) is 63.6 Å². The van der Waals surface area contributed by atoms with Crippen molar-refractivity contribution in [1.82, 2.24) is 9.21 Å². The van der Waals surface area contributed by atoms with Crippen LogP contribution in [0.25, 0.3) is 0 Å². The number of sulfonamides is 1. The molecule has 1 aliphatic heterocycles. The highest BCUT2D eigenvalue weighted by Gasteiger charge is 2.33. The van der Waals surface area contributed by atoms with Gasteiger partial charge in [0.2, 0.25) is 10.0 Å². The number of rotatable bonds is 3. The van der Waals surface area contributed by atoms with Crippen LogP contribution in [0.1, 0.15) is 10.4 Å². The van der Waals surface area contributed by atoms with Gasteiger partial charge >= 0.3 is 0 Å². The zero-order chi connectivity index (χ0) is 19.8. The number of piperazine rings is 1. The van der Waals surface area contributed by atoms with Crippen molar-refractivity contribution in [3.63, 3.8) is 0 Å². The molecule has 144 valence electrons. The molecule has 2 aromatic rings. The van der Waals surface area contributed by atoms with Gasteiger partial charge < -0.3 is 4.90 Å². The lowest BCUT2D eigenvalue weighted by Crippen LogP contribution is -2.50. The zero-order valence-corrected chi connectivity index (χ0v) is 16.2. The summed E-state index contributed by atoms with van der Waals surface area (Å²) in [6, 6.07) is 6.96. The van der Waals surface area contributed by atoms with Crippen LogP contribution in [-0.4, -0.2) is 49.7 Å². The van der Waals surface area contributed by atoms with Crippen molar-refractivity contribution < 1.29 is 22.0 Å². The number of benzene rings is 2. The molecule has 0 aromatic heterocycles. The molecule has 1 saturated heterocycles. The molecular weight excluding hydrogens is 421 g/mol. The fourth-order valence-electron chi connectivity index (χ4n) is 2.85. The Morgan fingerprint density at radius 3 is 1.96 bits per heavy atom. The van der Waals surface area contributed by atoms with Crippen LogP contribution in [0.5, 0.6) is 0 Å². The molecule has 0 atom stereocenters. The minimum absolute atomic E-state index is 0.00736. The highest BCUT2D eigenvalue weighted by molar-refractivity contribution is 7.89.